The van der Waals surface area contributed by atoms with Crippen LogP contribution in [0.3, 0.4) is 0 Å². The van der Waals surface area contributed by atoms with Gasteiger partial charge in [0.1, 0.15) is 6.54 Å². The number of amides is 1. The van der Waals surface area contributed by atoms with Crippen LogP contribution in [0.25, 0.3) is 0 Å². The molecular weight excluding hydrogens is 547 g/mol. The van der Waals surface area contributed by atoms with Crippen molar-refractivity contribution in [2.75, 3.05) is 16.2 Å². The number of thioether (sulfide) groups is 1. The number of aryl methyl sites for hydroxylation is 1. The summed E-state index contributed by atoms with van der Waals surface area (Å²) in [5, 5.41) is 3.26. The molecule has 0 aliphatic rings. The highest BCUT2D eigenvalue weighted by Crippen LogP contribution is 2.31. The first kappa shape index (κ1) is 27.1. The molecule has 0 fully saturated rings. The number of hydrogen-bond donors (Lipinski definition) is 1. The summed E-state index contributed by atoms with van der Waals surface area (Å²) in [6, 6.07) is 28.5. The summed E-state index contributed by atoms with van der Waals surface area (Å²) in [6.07, 6.45) is 0. The summed E-state index contributed by atoms with van der Waals surface area (Å²) in [6.45, 7) is 1.42. The first-order chi connectivity index (χ1) is 17.7. The fourth-order valence-corrected chi connectivity index (χ4v) is 6.07. The zero-order valence-electron chi connectivity index (χ0n) is 19.9. The minimum absolute atomic E-state index is 0.0669. The van der Waals surface area contributed by atoms with Crippen LogP contribution >= 0.6 is 35.0 Å². The molecule has 0 saturated heterocycles. The minimum Gasteiger partial charge on any atom is -0.325 e. The van der Waals surface area contributed by atoms with E-state index < -0.39 is 22.5 Å². The van der Waals surface area contributed by atoms with Crippen LogP contribution in [0, 0.1) is 6.92 Å². The van der Waals surface area contributed by atoms with Crippen molar-refractivity contribution in [2.24, 2.45) is 0 Å². The molecule has 4 aromatic carbocycles. The van der Waals surface area contributed by atoms with Gasteiger partial charge in [-0.3, -0.25) is 9.10 Å². The van der Waals surface area contributed by atoms with Crippen LogP contribution in [0.15, 0.2) is 107 Å². The van der Waals surface area contributed by atoms with Crippen molar-refractivity contribution in [1.29, 1.82) is 0 Å². The van der Waals surface area contributed by atoms with Gasteiger partial charge in [-0.25, -0.2) is 8.42 Å². The van der Waals surface area contributed by atoms with Gasteiger partial charge in [-0.2, -0.15) is 0 Å². The van der Waals surface area contributed by atoms with E-state index in [2.05, 4.69) is 17.4 Å². The molecule has 5 nitrogen and oxygen atoms in total. The Hall–Kier alpha value is -2.97. The van der Waals surface area contributed by atoms with Crippen molar-refractivity contribution in [3.05, 3.63) is 118 Å². The topological polar surface area (TPSA) is 66.5 Å². The summed E-state index contributed by atoms with van der Waals surface area (Å²) >= 11 is 13.9. The fraction of sp³-hybridized carbons (Fsp3) is 0.107. The predicted molar refractivity (Wildman–Crippen MR) is 153 cm³/mol. The normalized spacial score (nSPS) is 11.2. The van der Waals surface area contributed by atoms with Crippen molar-refractivity contribution < 1.29 is 13.2 Å². The lowest BCUT2D eigenvalue weighted by Crippen LogP contribution is -2.38. The molecule has 0 unspecified atom stereocenters. The molecule has 0 radical (unpaired) electrons. The third kappa shape index (κ3) is 7.08. The largest absolute Gasteiger partial charge is 0.325 e. The van der Waals surface area contributed by atoms with Crippen LogP contribution in [-0.2, 0) is 20.6 Å². The average molecular weight is 572 g/mol. The summed E-state index contributed by atoms with van der Waals surface area (Å²) in [7, 11) is -4.06. The van der Waals surface area contributed by atoms with E-state index >= 15 is 0 Å². The van der Waals surface area contributed by atoms with Gasteiger partial charge in [0.05, 0.1) is 20.6 Å². The van der Waals surface area contributed by atoms with E-state index in [9.17, 15) is 13.2 Å². The number of halogens is 2. The Balaban J connectivity index is 1.50. The second-order valence-electron chi connectivity index (χ2n) is 8.27. The molecule has 0 aliphatic carbocycles. The van der Waals surface area contributed by atoms with Gasteiger partial charge in [-0.15, -0.1) is 11.8 Å². The zero-order valence-corrected chi connectivity index (χ0v) is 23.0. The number of benzene rings is 4. The van der Waals surface area contributed by atoms with Gasteiger partial charge in [0.15, 0.2) is 0 Å². The van der Waals surface area contributed by atoms with E-state index in [1.165, 1.54) is 35.2 Å². The third-order valence-corrected chi connectivity index (χ3v) is 9.08. The van der Waals surface area contributed by atoms with Crippen LogP contribution in [0.4, 0.5) is 11.4 Å². The zero-order chi connectivity index (χ0) is 26.4. The number of anilines is 2. The molecule has 0 atom stereocenters. The Morgan fingerprint density at radius 3 is 2.19 bits per heavy atom. The van der Waals surface area contributed by atoms with Gasteiger partial charge in [-0.1, -0.05) is 71.2 Å². The number of sulfonamides is 1. The Morgan fingerprint density at radius 2 is 1.54 bits per heavy atom. The highest BCUT2D eigenvalue weighted by Gasteiger charge is 2.27. The highest BCUT2D eigenvalue weighted by molar-refractivity contribution is 7.98. The maximum atomic E-state index is 13.5. The molecule has 0 saturated carbocycles. The monoisotopic (exact) mass is 570 g/mol. The van der Waals surface area contributed by atoms with Gasteiger partial charge >= 0.3 is 0 Å². The van der Waals surface area contributed by atoms with Gasteiger partial charge in [0.25, 0.3) is 10.0 Å². The number of hydrogen-bond acceptors (Lipinski definition) is 4. The van der Waals surface area contributed by atoms with Crippen molar-refractivity contribution in [2.45, 2.75) is 22.5 Å². The second-order valence-corrected chi connectivity index (χ2v) is 12.0. The fourth-order valence-electron chi connectivity index (χ4n) is 3.49. The Bertz CT molecular complexity index is 1480. The van der Waals surface area contributed by atoms with Crippen LogP contribution < -0.4 is 9.62 Å². The molecule has 190 valence electrons. The van der Waals surface area contributed by atoms with E-state index in [1.807, 2.05) is 37.3 Å². The number of nitrogens with zero attached hydrogens (tertiary/aromatic N) is 1. The molecule has 0 heterocycles. The van der Waals surface area contributed by atoms with Crippen molar-refractivity contribution in [3.63, 3.8) is 0 Å². The van der Waals surface area contributed by atoms with Gasteiger partial charge in [0.2, 0.25) is 5.91 Å². The molecule has 4 aromatic rings. The van der Waals surface area contributed by atoms with Crippen LogP contribution in [-0.4, -0.2) is 20.9 Å². The first-order valence-electron chi connectivity index (χ1n) is 11.3. The summed E-state index contributed by atoms with van der Waals surface area (Å²) in [4.78, 5) is 14.2. The molecule has 0 aliphatic heterocycles. The molecule has 1 amide bonds. The van der Waals surface area contributed by atoms with E-state index in [0.29, 0.717) is 5.69 Å². The Labute approximate surface area is 231 Å². The average Bonchev–Trinajstić information content (AvgIpc) is 2.89. The second kappa shape index (κ2) is 12.0. The molecular formula is C28H24Cl2N2O3S2. The molecule has 0 spiro atoms. The Morgan fingerprint density at radius 1 is 0.865 bits per heavy atom. The van der Waals surface area contributed by atoms with Gasteiger partial charge in [0, 0.05) is 16.3 Å². The van der Waals surface area contributed by atoms with Gasteiger partial charge in [-0.05, 0) is 67.1 Å². The number of carbonyl (C=O) groups is 1. The lowest BCUT2D eigenvalue weighted by Gasteiger charge is -2.24. The molecule has 0 aromatic heterocycles. The van der Waals surface area contributed by atoms with Crippen LogP contribution in [0.5, 0.6) is 0 Å². The molecule has 0 bridgehead atoms. The molecule has 37 heavy (non-hydrogen) atoms. The predicted octanol–water partition coefficient (Wildman–Crippen LogP) is 7.43. The molecule has 1 N–H and O–H groups in total. The van der Waals surface area contributed by atoms with Crippen LogP contribution in [0.2, 0.25) is 10.0 Å². The highest BCUT2D eigenvalue weighted by atomic mass is 35.5. The van der Waals surface area contributed by atoms with Gasteiger partial charge < -0.3 is 5.32 Å². The van der Waals surface area contributed by atoms with E-state index in [1.54, 1.807) is 36.0 Å². The van der Waals surface area contributed by atoms with E-state index in [4.69, 9.17) is 23.2 Å². The molecule has 4 rings (SSSR count). The maximum Gasteiger partial charge on any atom is 0.264 e. The number of nitrogens with one attached hydrogen (secondary N) is 1. The van der Waals surface area contributed by atoms with Crippen LogP contribution in [0.1, 0.15) is 11.1 Å². The van der Waals surface area contributed by atoms with Crippen molar-refractivity contribution >= 4 is 62.3 Å². The summed E-state index contributed by atoms with van der Waals surface area (Å²) in [5.74, 6) is 0.297. The number of carbonyl (C=O) groups excluding carboxylic acids is 1. The quantitative estimate of drug-likeness (QED) is 0.212. The standard InChI is InChI=1S/C28H24Cl2N2O3S2/c1-20-7-14-25(15-8-20)37(34,35)32(23-13-16-26(29)27(30)17-23)18-28(33)31-22-11-9-21(10-12-22)19-36-24-5-3-2-4-6-24/h2-17H,18-19H2,1H3,(H,31,33). The van der Waals surface area contributed by atoms with Crippen molar-refractivity contribution in [1.82, 2.24) is 0 Å². The third-order valence-electron chi connectivity index (χ3n) is 5.47. The lowest BCUT2D eigenvalue weighted by molar-refractivity contribution is -0.114. The first-order valence-corrected chi connectivity index (χ1v) is 14.5. The summed E-state index contributed by atoms with van der Waals surface area (Å²) < 4.78 is 28.1. The lowest BCUT2D eigenvalue weighted by atomic mass is 10.2. The SMILES string of the molecule is Cc1ccc(S(=O)(=O)N(CC(=O)Nc2ccc(CSc3ccccc3)cc2)c2ccc(Cl)c(Cl)c2)cc1. The number of rotatable bonds is 9. The smallest absolute Gasteiger partial charge is 0.264 e. The van der Waals surface area contributed by atoms with E-state index in [0.717, 1.165) is 21.2 Å². The maximum absolute atomic E-state index is 13.5. The van der Waals surface area contributed by atoms with E-state index in [-0.39, 0.29) is 20.6 Å². The van der Waals surface area contributed by atoms with Crippen molar-refractivity contribution in [3.8, 4) is 0 Å². The molecule has 9 heteroatoms. The Kier molecular flexibility index (Phi) is 8.82. The summed E-state index contributed by atoms with van der Waals surface area (Å²) in [5.41, 5.74) is 2.83. The minimum atomic E-state index is -4.06.